The highest BCUT2D eigenvalue weighted by molar-refractivity contribution is 6.23. The number of rotatable bonds is 4. The molecule has 0 spiro atoms. The molecule has 0 saturated carbocycles. The molecule has 130 valence electrons. The predicted molar refractivity (Wildman–Crippen MR) is 112 cm³/mol. The van der Waals surface area contributed by atoms with Gasteiger partial charge in [0.1, 0.15) is 5.60 Å². The Morgan fingerprint density at radius 1 is 0.846 bits per heavy atom. The molecule has 0 aliphatic heterocycles. The van der Waals surface area contributed by atoms with Gasteiger partial charge in [0, 0.05) is 12.0 Å². The first-order valence-electron chi connectivity index (χ1n) is 9.51. The normalized spacial score (nSPS) is 13.8. The molecule has 0 saturated heterocycles. The van der Waals surface area contributed by atoms with Crippen LogP contribution >= 0.6 is 0 Å². The van der Waals surface area contributed by atoms with E-state index in [1.807, 2.05) is 13.0 Å². The van der Waals surface area contributed by atoms with E-state index in [9.17, 15) is 5.11 Å². The molecule has 0 aromatic heterocycles. The van der Waals surface area contributed by atoms with Crippen LogP contribution in [0.5, 0.6) is 0 Å². The Morgan fingerprint density at radius 3 is 2.23 bits per heavy atom. The van der Waals surface area contributed by atoms with Gasteiger partial charge >= 0.3 is 0 Å². The molecule has 1 N–H and O–H groups in total. The van der Waals surface area contributed by atoms with Gasteiger partial charge in [-0.1, -0.05) is 86.2 Å². The third-order valence-electron chi connectivity index (χ3n) is 5.29. The summed E-state index contributed by atoms with van der Waals surface area (Å²) < 4.78 is 0. The summed E-state index contributed by atoms with van der Waals surface area (Å²) in [6, 6.07) is 19.2. The SMILES string of the molecule is CCCCCC#CC(C)(O)c1ccc2ccc3cccc4ccc1c2c34. The highest BCUT2D eigenvalue weighted by atomic mass is 16.3. The van der Waals surface area contributed by atoms with Crippen molar-refractivity contribution in [3.63, 3.8) is 0 Å². The molecule has 0 bridgehead atoms. The van der Waals surface area contributed by atoms with E-state index in [1.165, 1.54) is 39.8 Å². The van der Waals surface area contributed by atoms with E-state index in [-0.39, 0.29) is 0 Å². The Balaban J connectivity index is 1.88. The van der Waals surface area contributed by atoms with Crippen LogP contribution in [0.15, 0.2) is 54.6 Å². The van der Waals surface area contributed by atoms with Crippen LogP contribution in [0.1, 0.15) is 45.1 Å². The number of unbranched alkanes of at least 4 members (excludes halogenated alkanes) is 3. The molecule has 4 aromatic carbocycles. The van der Waals surface area contributed by atoms with E-state index in [0.29, 0.717) is 0 Å². The van der Waals surface area contributed by atoms with Crippen molar-refractivity contribution in [2.75, 3.05) is 0 Å². The topological polar surface area (TPSA) is 20.2 Å². The number of aliphatic hydroxyl groups is 1. The zero-order valence-electron chi connectivity index (χ0n) is 15.5. The first-order chi connectivity index (χ1) is 12.6. The van der Waals surface area contributed by atoms with Crippen molar-refractivity contribution in [3.05, 3.63) is 60.2 Å². The lowest BCUT2D eigenvalue weighted by Crippen LogP contribution is -2.19. The lowest BCUT2D eigenvalue weighted by Gasteiger charge is -2.21. The van der Waals surface area contributed by atoms with Gasteiger partial charge in [0.15, 0.2) is 0 Å². The molecule has 0 aliphatic rings. The highest BCUT2D eigenvalue weighted by Crippen LogP contribution is 2.38. The Kier molecular flexibility index (Phi) is 4.31. The molecule has 1 heteroatoms. The van der Waals surface area contributed by atoms with Crippen LogP contribution < -0.4 is 0 Å². The van der Waals surface area contributed by atoms with E-state index < -0.39 is 5.60 Å². The number of hydrogen-bond donors (Lipinski definition) is 1. The van der Waals surface area contributed by atoms with Gasteiger partial charge < -0.3 is 5.11 Å². The Hall–Kier alpha value is -2.56. The first-order valence-corrected chi connectivity index (χ1v) is 9.51. The Morgan fingerprint density at radius 2 is 1.50 bits per heavy atom. The minimum Gasteiger partial charge on any atom is -0.374 e. The van der Waals surface area contributed by atoms with Crippen molar-refractivity contribution in [1.82, 2.24) is 0 Å². The van der Waals surface area contributed by atoms with E-state index >= 15 is 0 Å². The zero-order chi connectivity index (χ0) is 18.1. The van der Waals surface area contributed by atoms with Crippen LogP contribution in [0.2, 0.25) is 0 Å². The molecular weight excluding hydrogens is 316 g/mol. The molecule has 4 aromatic rings. The molecule has 4 rings (SSSR count). The van der Waals surface area contributed by atoms with Gasteiger partial charge in [0.25, 0.3) is 0 Å². The van der Waals surface area contributed by atoms with Gasteiger partial charge in [-0.2, -0.15) is 0 Å². The zero-order valence-corrected chi connectivity index (χ0v) is 15.5. The molecular formula is C25H24O. The van der Waals surface area contributed by atoms with Gasteiger partial charge in [-0.25, -0.2) is 0 Å². The van der Waals surface area contributed by atoms with Gasteiger partial charge in [0.05, 0.1) is 0 Å². The predicted octanol–water partition coefficient (Wildman–Crippen LogP) is 6.38. The summed E-state index contributed by atoms with van der Waals surface area (Å²) in [4.78, 5) is 0. The van der Waals surface area contributed by atoms with Gasteiger partial charge in [-0.05, 0) is 45.7 Å². The van der Waals surface area contributed by atoms with Crippen molar-refractivity contribution in [3.8, 4) is 11.8 Å². The van der Waals surface area contributed by atoms with E-state index in [4.69, 9.17) is 0 Å². The van der Waals surface area contributed by atoms with E-state index in [2.05, 4.69) is 67.3 Å². The summed E-state index contributed by atoms with van der Waals surface area (Å²) in [7, 11) is 0. The summed E-state index contributed by atoms with van der Waals surface area (Å²) >= 11 is 0. The lowest BCUT2D eigenvalue weighted by molar-refractivity contribution is 0.123. The second kappa shape index (κ2) is 6.63. The molecule has 0 aliphatic carbocycles. The van der Waals surface area contributed by atoms with Crippen LogP contribution in [0.4, 0.5) is 0 Å². The quantitative estimate of drug-likeness (QED) is 0.260. The summed E-state index contributed by atoms with van der Waals surface area (Å²) in [6.07, 6.45) is 4.32. The maximum Gasteiger partial charge on any atom is 0.148 e. The first kappa shape index (κ1) is 16.9. The van der Waals surface area contributed by atoms with Crippen molar-refractivity contribution < 1.29 is 5.11 Å². The van der Waals surface area contributed by atoms with Crippen LogP contribution in [-0.4, -0.2) is 5.11 Å². The second-order valence-electron chi connectivity index (χ2n) is 7.30. The Labute approximate surface area is 155 Å². The molecule has 0 heterocycles. The van der Waals surface area contributed by atoms with Crippen molar-refractivity contribution in [2.45, 2.75) is 45.1 Å². The average Bonchev–Trinajstić information content (AvgIpc) is 2.65. The minimum atomic E-state index is -1.14. The molecule has 0 fully saturated rings. The summed E-state index contributed by atoms with van der Waals surface area (Å²) in [5, 5.41) is 18.4. The fourth-order valence-electron chi connectivity index (χ4n) is 3.93. The van der Waals surface area contributed by atoms with Crippen LogP contribution in [0, 0.1) is 11.8 Å². The summed E-state index contributed by atoms with van der Waals surface area (Å²) in [5.74, 6) is 6.30. The van der Waals surface area contributed by atoms with Gasteiger partial charge in [0.2, 0.25) is 0 Å². The number of benzene rings is 4. The third kappa shape index (κ3) is 2.81. The monoisotopic (exact) mass is 340 g/mol. The molecule has 26 heavy (non-hydrogen) atoms. The minimum absolute atomic E-state index is 0.843. The third-order valence-corrected chi connectivity index (χ3v) is 5.29. The molecule has 1 atom stereocenters. The van der Waals surface area contributed by atoms with Crippen LogP contribution in [0.25, 0.3) is 32.3 Å². The molecule has 0 amide bonds. The fourth-order valence-corrected chi connectivity index (χ4v) is 3.93. The smallest absolute Gasteiger partial charge is 0.148 e. The largest absolute Gasteiger partial charge is 0.374 e. The second-order valence-corrected chi connectivity index (χ2v) is 7.30. The number of hydrogen-bond acceptors (Lipinski definition) is 1. The Bertz CT molecular complexity index is 1110. The molecule has 1 unspecified atom stereocenters. The van der Waals surface area contributed by atoms with Crippen molar-refractivity contribution in [2.24, 2.45) is 0 Å². The highest BCUT2D eigenvalue weighted by Gasteiger charge is 2.24. The van der Waals surface area contributed by atoms with Gasteiger partial charge in [-0.15, -0.1) is 0 Å². The maximum absolute atomic E-state index is 11.1. The maximum atomic E-state index is 11.1. The van der Waals surface area contributed by atoms with Crippen molar-refractivity contribution >= 4 is 32.3 Å². The van der Waals surface area contributed by atoms with Crippen LogP contribution in [-0.2, 0) is 5.60 Å². The fraction of sp³-hybridized carbons (Fsp3) is 0.280. The van der Waals surface area contributed by atoms with Crippen LogP contribution in [0.3, 0.4) is 0 Å². The van der Waals surface area contributed by atoms with E-state index in [1.54, 1.807) is 0 Å². The molecule has 1 nitrogen and oxygen atoms in total. The van der Waals surface area contributed by atoms with E-state index in [0.717, 1.165) is 23.8 Å². The van der Waals surface area contributed by atoms with Gasteiger partial charge in [-0.3, -0.25) is 0 Å². The average molecular weight is 340 g/mol. The summed E-state index contributed by atoms with van der Waals surface area (Å²) in [6.45, 7) is 4.00. The molecule has 0 radical (unpaired) electrons. The summed E-state index contributed by atoms with van der Waals surface area (Å²) in [5.41, 5.74) is -0.250. The van der Waals surface area contributed by atoms with Crippen molar-refractivity contribution in [1.29, 1.82) is 0 Å². The standard InChI is InChI=1S/C25H24O/c1-3-4-5-6-7-17-25(2,26)22-16-14-20-12-11-18-9-8-10-19-13-15-21(22)24(20)23(18)19/h8-16,26H,3-6H2,1-2H3. The lowest BCUT2D eigenvalue weighted by atomic mass is 9.86.